The number of ether oxygens (including phenoxy) is 2. The van der Waals surface area contributed by atoms with Crippen molar-refractivity contribution >= 4 is 23.0 Å². The summed E-state index contributed by atoms with van der Waals surface area (Å²) in [5.74, 6) is -3.92. The van der Waals surface area contributed by atoms with Gasteiger partial charge in [0.15, 0.2) is 5.69 Å². The van der Waals surface area contributed by atoms with Crippen LogP contribution in [0.15, 0.2) is 34.9 Å². The van der Waals surface area contributed by atoms with Crippen LogP contribution in [0.5, 0.6) is 5.75 Å². The van der Waals surface area contributed by atoms with Crippen LogP contribution in [-0.2, 0) is 17.5 Å². The minimum Gasteiger partial charge on any atom is -0.489 e. The van der Waals surface area contributed by atoms with Gasteiger partial charge in [-0.25, -0.2) is 13.6 Å². The van der Waals surface area contributed by atoms with Gasteiger partial charge in [-0.2, -0.15) is 13.2 Å². The van der Waals surface area contributed by atoms with Gasteiger partial charge in [-0.05, 0) is 64.8 Å². The molecule has 1 fully saturated rings. The van der Waals surface area contributed by atoms with Gasteiger partial charge in [-0.1, -0.05) is 6.07 Å². The van der Waals surface area contributed by atoms with E-state index in [1.807, 2.05) is 0 Å². The molecule has 1 aliphatic rings. The smallest absolute Gasteiger partial charge is 0.433 e. The van der Waals surface area contributed by atoms with Crippen molar-refractivity contribution in [3.05, 3.63) is 58.6 Å². The van der Waals surface area contributed by atoms with E-state index in [9.17, 15) is 22.8 Å². The Morgan fingerprint density at radius 2 is 1.90 bits per heavy atom. The molecule has 1 aromatic carbocycles. The summed E-state index contributed by atoms with van der Waals surface area (Å²) in [5, 5.41) is 2.61. The zero-order valence-electron chi connectivity index (χ0n) is 23.1. The second kappa shape index (κ2) is 10.8. The number of carbonyl (C=O) groups is 2. The molecule has 8 nitrogen and oxygen atoms in total. The lowest BCUT2D eigenvalue weighted by atomic mass is 10.00. The summed E-state index contributed by atoms with van der Waals surface area (Å²) in [6.45, 7) is 6.61. The standard InChI is InChI=1S/C28H30F5N3O5/c1-15-11-20-18(12-19(15)39-13-17-7-6-9-34-23(17)28(31,32)33)22(16(2)40-20)24(37)35-21-8-10-36(14-27(21,29)30)25(38)41-26(3,4)5/h6-7,9,11-12,21H,8,10,13-14H2,1-5H3,(H,35,37). The van der Waals surface area contributed by atoms with E-state index >= 15 is 8.78 Å². The summed E-state index contributed by atoms with van der Waals surface area (Å²) in [6, 6.07) is 4.03. The summed E-state index contributed by atoms with van der Waals surface area (Å²) < 4.78 is 86.6. The average molecular weight is 584 g/mol. The van der Waals surface area contributed by atoms with Gasteiger partial charge in [0.05, 0.1) is 18.2 Å². The molecule has 0 spiro atoms. The average Bonchev–Trinajstić information content (AvgIpc) is 3.16. The minimum absolute atomic E-state index is 0.00687. The van der Waals surface area contributed by atoms with Crippen molar-refractivity contribution in [2.75, 3.05) is 13.1 Å². The Morgan fingerprint density at radius 3 is 2.54 bits per heavy atom. The number of nitrogens with one attached hydrogen (secondary N) is 1. The number of likely N-dealkylation sites (tertiary alicyclic amines) is 1. The van der Waals surface area contributed by atoms with Gasteiger partial charge in [-0.3, -0.25) is 9.78 Å². The number of nitrogens with zero attached hydrogens (tertiary/aromatic N) is 2. The molecule has 13 heteroatoms. The number of alkyl halides is 5. The van der Waals surface area contributed by atoms with Crippen molar-refractivity contribution in [1.82, 2.24) is 15.2 Å². The number of aryl methyl sites for hydroxylation is 2. The summed E-state index contributed by atoms with van der Waals surface area (Å²) in [7, 11) is 0. The lowest BCUT2D eigenvalue weighted by Crippen LogP contribution is -2.59. The minimum atomic E-state index is -4.67. The van der Waals surface area contributed by atoms with E-state index in [1.165, 1.54) is 25.1 Å². The number of piperidine rings is 1. The fraction of sp³-hybridized carbons (Fsp3) is 0.464. The number of benzene rings is 1. The molecule has 1 unspecified atom stereocenters. The fourth-order valence-electron chi connectivity index (χ4n) is 4.58. The zero-order valence-corrected chi connectivity index (χ0v) is 23.1. The van der Waals surface area contributed by atoms with Crippen molar-refractivity contribution in [3.8, 4) is 5.75 Å². The number of hydrogen-bond acceptors (Lipinski definition) is 6. The first-order valence-corrected chi connectivity index (χ1v) is 12.8. The maximum Gasteiger partial charge on any atom is 0.433 e. The van der Waals surface area contributed by atoms with Crippen LogP contribution < -0.4 is 10.1 Å². The van der Waals surface area contributed by atoms with E-state index in [4.69, 9.17) is 13.9 Å². The molecule has 3 heterocycles. The number of aromatic nitrogens is 1. The zero-order chi connectivity index (χ0) is 30.3. The molecule has 0 aliphatic carbocycles. The summed E-state index contributed by atoms with van der Waals surface area (Å²) >= 11 is 0. The fourth-order valence-corrected chi connectivity index (χ4v) is 4.58. The molecule has 2 amide bonds. The van der Waals surface area contributed by atoms with Crippen LogP contribution in [0.1, 0.15) is 60.1 Å². The highest BCUT2D eigenvalue weighted by Crippen LogP contribution is 2.35. The Labute approximate surface area is 232 Å². The first-order chi connectivity index (χ1) is 19.0. The number of fused-ring (bicyclic) bond motifs is 1. The normalized spacial score (nSPS) is 17.4. The molecule has 1 saturated heterocycles. The highest BCUT2D eigenvalue weighted by atomic mass is 19.4. The van der Waals surface area contributed by atoms with E-state index in [2.05, 4.69) is 10.3 Å². The maximum absolute atomic E-state index is 15.0. The maximum atomic E-state index is 15.0. The third-order valence-electron chi connectivity index (χ3n) is 6.49. The first kappa shape index (κ1) is 30.1. The summed E-state index contributed by atoms with van der Waals surface area (Å²) in [5.41, 5.74) is -1.31. The van der Waals surface area contributed by atoms with Crippen LogP contribution in [0.4, 0.5) is 26.7 Å². The van der Waals surface area contributed by atoms with Gasteiger partial charge in [0, 0.05) is 23.7 Å². The first-order valence-electron chi connectivity index (χ1n) is 12.8. The molecule has 0 bridgehead atoms. The van der Waals surface area contributed by atoms with E-state index < -0.39 is 54.6 Å². The highest BCUT2D eigenvalue weighted by molar-refractivity contribution is 6.07. The lowest BCUT2D eigenvalue weighted by Gasteiger charge is -2.38. The molecule has 1 atom stereocenters. The number of halogens is 5. The van der Waals surface area contributed by atoms with Crippen LogP contribution in [-0.4, -0.2) is 52.5 Å². The third-order valence-corrected chi connectivity index (χ3v) is 6.49. The Kier molecular flexibility index (Phi) is 7.94. The van der Waals surface area contributed by atoms with Crippen LogP contribution in [0.25, 0.3) is 11.0 Å². The molecule has 2 aromatic heterocycles. The Bertz CT molecular complexity index is 1460. The van der Waals surface area contributed by atoms with Gasteiger partial charge in [0.2, 0.25) is 0 Å². The monoisotopic (exact) mass is 583 g/mol. The Hall–Kier alpha value is -3.90. The number of carbonyl (C=O) groups excluding carboxylic acids is 2. The third kappa shape index (κ3) is 6.71. The molecular formula is C28H30F5N3O5. The highest BCUT2D eigenvalue weighted by Gasteiger charge is 2.47. The van der Waals surface area contributed by atoms with Crippen molar-refractivity contribution < 1.29 is 45.4 Å². The van der Waals surface area contributed by atoms with Crippen LogP contribution in [0.3, 0.4) is 0 Å². The summed E-state index contributed by atoms with van der Waals surface area (Å²) in [6.07, 6.45) is -4.72. The van der Waals surface area contributed by atoms with Gasteiger partial charge < -0.3 is 24.1 Å². The van der Waals surface area contributed by atoms with Gasteiger partial charge in [0.25, 0.3) is 11.8 Å². The quantitative estimate of drug-likeness (QED) is 0.349. The van der Waals surface area contributed by atoms with Gasteiger partial charge >= 0.3 is 12.3 Å². The van der Waals surface area contributed by atoms with Crippen LogP contribution in [0, 0.1) is 13.8 Å². The predicted octanol–water partition coefficient (Wildman–Crippen LogP) is 6.42. The topological polar surface area (TPSA) is 93.9 Å². The van der Waals surface area contributed by atoms with E-state index in [0.29, 0.717) is 5.56 Å². The molecule has 1 aliphatic heterocycles. The van der Waals surface area contributed by atoms with Crippen molar-refractivity contribution in [1.29, 1.82) is 0 Å². The molecule has 4 rings (SSSR count). The number of rotatable bonds is 5. The number of hydrogen-bond donors (Lipinski definition) is 1. The van der Waals surface area contributed by atoms with E-state index in [0.717, 1.165) is 11.1 Å². The van der Waals surface area contributed by atoms with Crippen LogP contribution >= 0.6 is 0 Å². The number of furan rings is 1. The second-order valence-corrected chi connectivity index (χ2v) is 10.9. The molecule has 41 heavy (non-hydrogen) atoms. The lowest BCUT2D eigenvalue weighted by molar-refractivity contribution is -0.142. The molecule has 0 radical (unpaired) electrons. The number of pyridine rings is 1. The molecule has 222 valence electrons. The largest absolute Gasteiger partial charge is 0.489 e. The van der Waals surface area contributed by atoms with E-state index in [-0.39, 0.29) is 46.6 Å². The van der Waals surface area contributed by atoms with Crippen molar-refractivity contribution in [3.63, 3.8) is 0 Å². The summed E-state index contributed by atoms with van der Waals surface area (Å²) in [4.78, 5) is 29.8. The van der Waals surface area contributed by atoms with Gasteiger partial charge in [0.1, 0.15) is 29.3 Å². The number of amides is 2. The molecular weight excluding hydrogens is 553 g/mol. The molecule has 3 aromatic rings. The van der Waals surface area contributed by atoms with E-state index in [1.54, 1.807) is 33.8 Å². The van der Waals surface area contributed by atoms with Gasteiger partial charge in [-0.15, -0.1) is 0 Å². The molecule has 0 saturated carbocycles. The Balaban J connectivity index is 1.53. The van der Waals surface area contributed by atoms with Crippen molar-refractivity contribution in [2.24, 2.45) is 0 Å². The van der Waals surface area contributed by atoms with Crippen LogP contribution in [0.2, 0.25) is 0 Å². The molecule has 1 N–H and O–H groups in total. The van der Waals surface area contributed by atoms with Crippen molar-refractivity contribution in [2.45, 2.75) is 71.4 Å². The second-order valence-electron chi connectivity index (χ2n) is 10.9. The Morgan fingerprint density at radius 1 is 1.20 bits per heavy atom. The predicted molar refractivity (Wildman–Crippen MR) is 138 cm³/mol. The SMILES string of the molecule is Cc1cc2oc(C)c(C(=O)NC3CCN(C(=O)OC(C)(C)C)CC3(F)F)c2cc1OCc1cccnc1C(F)(F)F.